The van der Waals surface area contributed by atoms with Gasteiger partial charge in [-0.15, -0.1) is 0 Å². The van der Waals surface area contributed by atoms with Gasteiger partial charge in [-0.3, -0.25) is 4.79 Å². The number of fused-ring (bicyclic) bond motifs is 1. The van der Waals surface area contributed by atoms with Crippen LogP contribution in [0.15, 0.2) is 40.8 Å². The van der Waals surface area contributed by atoms with E-state index in [0.29, 0.717) is 16.7 Å². The number of benzene rings is 3. The minimum absolute atomic E-state index is 0.00625. The van der Waals surface area contributed by atoms with Crippen LogP contribution in [0, 0.1) is 23.3 Å². The molecule has 0 saturated carbocycles. The molecule has 1 N–H and O–H groups in total. The maximum Gasteiger partial charge on any atom is 0.261 e. The van der Waals surface area contributed by atoms with Crippen molar-refractivity contribution >= 4 is 34.3 Å². The zero-order valence-electron chi connectivity index (χ0n) is 17.2. The van der Waals surface area contributed by atoms with Crippen LogP contribution in [0.2, 0.25) is 5.02 Å². The minimum Gasteiger partial charge on any atom is -0.491 e. The molecule has 10 heteroatoms. The van der Waals surface area contributed by atoms with Gasteiger partial charge in [-0.2, -0.15) is 8.78 Å². The number of rotatable bonds is 5. The number of aryl methyl sites for hydroxylation is 1. The normalized spacial score (nSPS) is 11.1. The highest BCUT2D eigenvalue weighted by molar-refractivity contribution is 6.34. The van der Waals surface area contributed by atoms with Crippen molar-refractivity contribution in [1.82, 2.24) is 4.98 Å². The first kappa shape index (κ1) is 22.6. The number of nitrogens with zero attached hydrogens (tertiary/aromatic N) is 1. The average Bonchev–Trinajstić information content (AvgIpc) is 3.23. The molecule has 33 heavy (non-hydrogen) atoms. The second kappa shape index (κ2) is 8.74. The van der Waals surface area contributed by atoms with Crippen molar-refractivity contribution in [2.45, 2.75) is 13.3 Å². The molecule has 170 valence electrons. The molecule has 5 nitrogen and oxygen atoms in total. The largest absolute Gasteiger partial charge is 0.491 e. The first-order valence-electron chi connectivity index (χ1n) is 9.65. The summed E-state index contributed by atoms with van der Waals surface area (Å²) in [5.74, 6) is -9.98. The molecule has 0 spiro atoms. The van der Waals surface area contributed by atoms with Crippen LogP contribution in [-0.4, -0.2) is 18.0 Å². The molecule has 1 heterocycles. The van der Waals surface area contributed by atoms with E-state index in [2.05, 4.69) is 15.0 Å². The van der Waals surface area contributed by atoms with Crippen LogP contribution in [0.1, 0.15) is 22.8 Å². The molecule has 3 aromatic carbocycles. The van der Waals surface area contributed by atoms with Crippen LogP contribution in [-0.2, 0) is 6.42 Å². The zero-order chi connectivity index (χ0) is 23.9. The maximum absolute atomic E-state index is 14.3. The predicted octanol–water partition coefficient (Wildman–Crippen LogP) is 6.53. The number of methoxy groups -OCH3 is 1. The highest BCUT2D eigenvalue weighted by atomic mass is 35.5. The maximum atomic E-state index is 14.3. The van der Waals surface area contributed by atoms with E-state index in [1.54, 1.807) is 12.1 Å². The number of oxazole rings is 1. The van der Waals surface area contributed by atoms with Gasteiger partial charge in [-0.05, 0) is 42.3 Å². The highest BCUT2D eigenvalue weighted by Crippen LogP contribution is 2.33. The summed E-state index contributed by atoms with van der Waals surface area (Å²) in [6.45, 7) is 2.00. The molecule has 1 amide bonds. The number of halogens is 5. The van der Waals surface area contributed by atoms with E-state index in [9.17, 15) is 22.4 Å². The summed E-state index contributed by atoms with van der Waals surface area (Å²) >= 11 is 6.10. The number of anilines is 1. The fourth-order valence-electron chi connectivity index (χ4n) is 3.25. The molecule has 0 aliphatic rings. The van der Waals surface area contributed by atoms with E-state index in [1.165, 1.54) is 12.1 Å². The van der Waals surface area contributed by atoms with Crippen molar-refractivity contribution in [2.75, 3.05) is 12.4 Å². The van der Waals surface area contributed by atoms with Gasteiger partial charge < -0.3 is 14.5 Å². The molecule has 0 radical (unpaired) electrons. The Labute approximate surface area is 189 Å². The Morgan fingerprint density at radius 2 is 1.76 bits per heavy atom. The van der Waals surface area contributed by atoms with Crippen LogP contribution in [0.4, 0.5) is 23.2 Å². The Balaban J connectivity index is 1.71. The number of ether oxygens (including phenoxy) is 1. The van der Waals surface area contributed by atoms with Crippen molar-refractivity contribution in [3.63, 3.8) is 0 Å². The molecule has 0 saturated heterocycles. The minimum atomic E-state index is -1.90. The first-order valence-corrected chi connectivity index (χ1v) is 10.0. The van der Waals surface area contributed by atoms with Crippen molar-refractivity contribution in [2.24, 2.45) is 0 Å². The summed E-state index contributed by atoms with van der Waals surface area (Å²) in [6, 6.07) is 9.89. The number of hydrogen-bond donors (Lipinski definition) is 1. The molecule has 0 unspecified atom stereocenters. The SMILES string of the molecule is CCc1ccc2oc(-c3ccc(Cl)c(NC(=O)c4c(F)c(F)c(OC)c(F)c4F)c3)nc2c1. The second-order valence-corrected chi connectivity index (χ2v) is 7.39. The third-order valence-electron chi connectivity index (χ3n) is 4.98. The summed E-state index contributed by atoms with van der Waals surface area (Å²) in [6.07, 6.45) is 0.814. The fourth-order valence-corrected chi connectivity index (χ4v) is 3.41. The molecule has 0 aliphatic carbocycles. The number of hydrogen-bond acceptors (Lipinski definition) is 4. The van der Waals surface area contributed by atoms with Crippen LogP contribution < -0.4 is 10.1 Å². The van der Waals surface area contributed by atoms with Gasteiger partial charge in [0.25, 0.3) is 5.91 Å². The topological polar surface area (TPSA) is 64.4 Å². The van der Waals surface area contributed by atoms with Gasteiger partial charge in [0, 0.05) is 5.56 Å². The van der Waals surface area contributed by atoms with Crippen LogP contribution >= 0.6 is 11.6 Å². The third-order valence-corrected chi connectivity index (χ3v) is 5.31. The number of carbonyl (C=O) groups is 1. The third kappa shape index (κ3) is 4.00. The van der Waals surface area contributed by atoms with Crippen molar-refractivity contribution in [1.29, 1.82) is 0 Å². The van der Waals surface area contributed by atoms with E-state index < -0.39 is 40.5 Å². The Kier molecular flexibility index (Phi) is 5.99. The Morgan fingerprint density at radius 3 is 2.39 bits per heavy atom. The standard InChI is InChI=1S/C23H15ClF4N2O3/c1-3-10-4-7-15-14(8-10)30-23(33-15)11-5-6-12(24)13(9-11)29-22(31)16-17(25)19(27)21(32-2)20(28)18(16)26/h4-9H,3H2,1-2H3,(H,29,31). The van der Waals surface area contributed by atoms with Gasteiger partial charge in [0.2, 0.25) is 17.5 Å². The predicted molar refractivity (Wildman–Crippen MR) is 115 cm³/mol. The van der Waals surface area contributed by atoms with Gasteiger partial charge >= 0.3 is 0 Å². The van der Waals surface area contributed by atoms with Crippen molar-refractivity contribution < 1.29 is 31.5 Å². The molecule has 0 atom stereocenters. The number of amides is 1. The summed E-state index contributed by atoms with van der Waals surface area (Å²) < 4.78 is 66.6. The number of aromatic nitrogens is 1. The summed E-state index contributed by atoms with van der Waals surface area (Å²) in [5.41, 5.74) is 1.09. The first-order chi connectivity index (χ1) is 15.7. The quantitative estimate of drug-likeness (QED) is 0.262. The van der Waals surface area contributed by atoms with Crippen LogP contribution in [0.25, 0.3) is 22.6 Å². The molecular formula is C23H15ClF4N2O3. The molecule has 4 rings (SSSR count). The van der Waals surface area contributed by atoms with E-state index in [-0.39, 0.29) is 16.6 Å². The Hall–Kier alpha value is -3.59. The monoisotopic (exact) mass is 478 g/mol. The van der Waals surface area contributed by atoms with Gasteiger partial charge in [0.05, 0.1) is 17.8 Å². The number of carbonyl (C=O) groups excluding carboxylic acids is 1. The van der Waals surface area contributed by atoms with Crippen molar-refractivity contribution in [3.05, 3.63) is 75.8 Å². The lowest BCUT2D eigenvalue weighted by molar-refractivity contribution is 0.101. The van der Waals surface area contributed by atoms with Gasteiger partial charge in [0.1, 0.15) is 11.1 Å². The summed E-state index contributed by atoms with van der Waals surface area (Å²) in [5, 5.41) is 2.17. The van der Waals surface area contributed by atoms with Crippen LogP contribution in [0.3, 0.4) is 0 Å². The fraction of sp³-hybridized carbons (Fsp3) is 0.130. The lowest BCUT2D eigenvalue weighted by atomic mass is 10.1. The summed E-state index contributed by atoms with van der Waals surface area (Å²) in [4.78, 5) is 16.9. The molecule has 1 aromatic heterocycles. The van der Waals surface area contributed by atoms with E-state index in [0.717, 1.165) is 19.1 Å². The smallest absolute Gasteiger partial charge is 0.261 e. The Bertz CT molecular complexity index is 1380. The average molecular weight is 479 g/mol. The number of nitrogens with one attached hydrogen (secondary N) is 1. The van der Waals surface area contributed by atoms with Gasteiger partial charge in [-0.1, -0.05) is 24.6 Å². The zero-order valence-corrected chi connectivity index (χ0v) is 18.0. The van der Waals surface area contributed by atoms with E-state index in [1.807, 2.05) is 19.1 Å². The summed E-state index contributed by atoms with van der Waals surface area (Å²) in [7, 11) is 0.834. The van der Waals surface area contributed by atoms with Gasteiger partial charge in [-0.25, -0.2) is 13.8 Å². The Morgan fingerprint density at radius 1 is 1.06 bits per heavy atom. The van der Waals surface area contributed by atoms with E-state index >= 15 is 0 Å². The molecule has 0 aliphatic heterocycles. The molecule has 0 bridgehead atoms. The highest BCUT2D eigenvalue weighted by Gasteiger charge is 2.30. The molecular weight excluding hydrogens is 464 g/mol. The lowest BCUT2D eigenvalue weighted by Crippen LogP contribution is -2.19. The molecule has 4 aromatic rings. The van der Waals surface area contributed by atoms with E-state index in [4.69, 9.17) is 16.0 Å². The van der Waals surface area contributed by atoms with Crippen molar-refractivity contribution in [3.8, 4) is 17.2 Å². The second-order valence-electron chi connectivity index (χ2n) is 6.99. The lowest BCUT2D eigenvalue weighted by Gasteiger charge is -2.12. The molecule has 0 fully saturated rings. The van der Waals surface area contributed by atoms with Crippen LogP contribution in [0.5, 0.6) is 5.75 Å². The van der Waals surface area contributed by atoms with Gasteiger partial charge in [0.15, 0.2) is 23.0 Å².